The van der Waals surface area contributed by atoms with E-state index in [0.29, 0.717) is 29.1 Å². The van der Waals surface area contributed by atoms with Crippen LogP contribution in [0.25, 0.3) is 0 Å². The zero-order valence-corrected chi connectivity index (χ0v) is 12.2. The maximum Gasteiger partial charge on any atom is 0.172 e. The van der Waals surface area contributed by atoms with Crippen LogP contribution in [-0.4, -0.2) is 35.0 Å². The van der Waals surface area contributed by atoms with Gasteiger partial charge in [-0.1, -0.05) is 0 Å². The van der Waals surface area contributed by atoms with Crippen molar-refractivity contribution in [2.24, 2.45) is 0 Å². The van der Waals surface area contributed by atoms with E-state index < -0.39 is 10.8 Å². The molecule has 0 radical (unpaired) electrons. The van der Waals surface area contributed by atoms with E-state index >= 15 is 0 Å². The predicted molar refractivity (Wildman–Crippen MR) is 73.0 cm³/mol. The molecule has 1 atom stereocenters. The Hall–Kier alpha value is -0.590. The van der Waals surface area contributed by atoms with Gasteiger partial charge in [-0.25, -0.2) is 0 Å². The van der Waals surface area contributed by atoms with Crippen molar-refractivity contribution in [3.8, 4) is 11.5 Å². The molecule has 0 saturated heterocycles. The molecule has 0 aliphatic carbocycles. The molecule has 96 valence electrons. The number of methoxy groups -OCH3 is 1. The Labute approximate surface area is 112 Å². The van der Waals surface area contributed by atoms with Crippen LogP contribution in [0.3, 0.4) is 0 Å². The van der Waals surface area contributed by atoms with Crippen LogP contribution in [-0.2, 0) is 17.3 Å². The predicted octanol–water partition coefficient (Wildman–Crippen LogP) is 1.63. The summed E-state index contributed by atoms with van der Waals surface area (Å²) in [5, 5.41) is 12.8. The van der Waals surface area contributed by atoms with Gasteiger partial charge in [-0.2, -0.15) is 0 Å². The smallest absolute Gasteiger partial charge is 0.172 e. The zero-order valence-electron chi connectivity index (χ0n) is 9.83. The average Bonchev–Trinajstić information content (AvgIpc) is 2.28. The molecule has 0 aromatic heterocycles. The molecule has 0 spiro atoms. The molecule has 0 heterocycles. The lowest BCUT2D eigenvalue weighted by Gasteiger charge is -2.09. The van der Waals surface area contributed by atoms with Crippen molar-refractivity contribution in [3.05, 3.63) is 22.2 Å². The Morgan fingerprint density at radius 3 is 2.82 bits per heavy atom. The lowest BCUT2D eigenvalue weighted by Crippen LogP contribution is -2.19. The molecule has 1 aromatic carbocycles. The minimum atomic E-state index is -0.774. The Morgan fingerprint density at radius 2 is 2.24 bits per heavy atom. The molecule has 0 amide bonds. The first-order chi connectivity index (χ1) is 8.04. The first kappa shape index (κ1) is 14.5. The van der Waals surface area contributed by atoms with Crippen LogP contribution >= 0.6 is 15.9 Å². The fraction of sp³-hybridized carbons (Fsp3) is 0.455. The quantitative estimate of drug-likeness (QED) is 0.782. The summed E-state index contributed by atoms with van der Waals surface area (Å²) in [5.74, 6) is 1.18. The van der Waals surface area contributed by atoms with Gasteiger partial charge in [0, 0.05) is 35.9 Å². The van der Waals surface area contributed by atoms with E-state index in [1.54, 1.807) is 12.3 Å². The van der Waals surface area contributed by atoms with Crippen LogP contribution in [0.5, 0.6) is 11.5 Å². The van der Waals surface area contributed by atoms with Gasteiger partial charge < -0.3 is 15.2 Å². The molecule has 4 nitrogen and oxygen atoms in total. The Bertz CT molecular complexity index is 412. The second kappa shape index (κ2) is 6.98. The van der Waals surface area contributed by atoms with E-state index in [9.17, 15) is 9.32 Å². The highest BCUT2D eigenvalue weighted by Crippen LogP contribution is 2.35. The second-order valence-corrected chi connectivity index (χ2v) is 5.99. The highest BCUT2D eigenvalue weighted by Gasteiger charge is 2.08. The topological polar surface area (TPSA) is 58.6 Å². The highest BCUT2D eigenvalue weighted by atomic mass is 79.9. The summed E-state index contributed by atoms with van der Waals surface area (Å²) in [7, 11) is 0.739. The van der Waals surface area contributed by atoms with Gasteiger partial charge in [-0.3, -0.25) is 4.21 Å². The number of phenolic OH excluding ortho intramolecular Hbond substituents is 1. The molecular weight excluding hydrogens is 306 g/mol. The summed E-state index contributed by atoms with van der Waals surface area (Å²) < 4.78 is 16.5. The van der Waals surface area contributed by atoms with Crippen molar-refractivity contribution in [1.29, 1.82) is 0 Å². The Kier molecular flexibility index (Phi) is 5.94. The van der Waals surface area contributed by atoms with E-state index in [4.69, 9.17) is 4.74 Å². The summed E-state index contributed by atoms with van der Waals surface area (Å²) in [6, 6.07) is 3.60. The molecule has 1 aromatic rings. The standard InChI is InChI=1S/C11H16BrNO3S/c1-16-10-6-8(5-9(12)11(10)14)7-13-3-4-17(2)15/h5-6,13-14H,3-4,7H2,1-2H3. The number of rotatable bonds is 6. The van der Waals surface area contributed by atoms with Crippen LogP contribution in [0.1, 0.15) is 5.56 Å². The first-order valence-corrected chi connectivity index (χ1v) is 7.62. The number of halogens is 1. The third-order valence-electron chi connectivity index (χ3n) is 2.20. The zero-order chi connectivity index (χ0) is 12.8. The highest BCUT2D eigenvalue weighted by molar-refractivity contribution is 9.10. The molecule has 0 saturated carbocycles. The Balaban J connectivity index is 2.59. The second-order valence-electron chi connectivity index (χ2n) is 3.58. The van der Waals surface area contributed by atoms with Gasteiger partial charge in [0.15, 0.2) is 11.5 Å². The molecular formula is C11H16BrNO3S. The van der Waals surface area contributed by atoms with Crippen LogP contribution in [0.2, 0.25) is 0 Å². The van der Waals surface area contributed by atoms with Gasteiger partial charge in [0.2, 0.25) is 0 Å². The average molecular weight is 322 g/mol. The summed E-state index contributed by atoms with van der Waals surface area (Å²) >= 11 is 3.26. The van der Waals surface area contributed by atoms with Crippen molar-refractivity contribution in [1.82, 2.24) is 5.32 Å². The maximum atomic E-state index is 10.9. The fourth-order valence-corrected chi connectivity index (χ4v) is 2.25. The molecule has 2 N–H and O–H groups in total. The number of phenols is 1. The third kappa shape index (κ3) is 4.65. The van der Waals surface area contributed by atoms with Crippen LogP contribution in [0.4, 0.5) is 0 Å². The molecule has 0 aliphatic heterocycles. The van der Waals surface area contributed by atoms with Gasteiger partial charge >= 0.3 is 0 Å². The van der Waals surface area contributed by atoms with Crippen LogP contribution < -0.4 is 10.1 Å². The number of nitrogens with one attached hydrogen (secondary N) is 1. The molecule has 0 aliphatic rings. The molecule has 1 unspecified atom stereocenters. The van der Waals surface area contributed by atoms with Crippen molar-refractivity contribution in [3.63, 3.8) is 0 Å². The fourth-order valence-electron chi connectivity index (χ4n) is 1.33. The SMILES string of the molecule is COc1cc(CNCCS(C)=O)cc(Br)c1O. The molecule has 1 rings (SSSR count). The summed E-state index contributed by atoms with van der Waals surface area (Å²) in [4.78, 5) is 0. The monoisotopic (exact) mass is 321 g/mol. The van der Waals surface area contributed by atoms with Crippen molar-refractivity contribution in [2.45, 2.75) is 6.54 Å². The largest absolute Gasteiger partial charge is 0.503 e. The number of benzene rings is 1. The van der Waals surface area contributed by atoms with Crippen molar-refractivity contribution < 1.29 is 14.1 Å². The van der Waals surface area contributed by atoms with Crippen molar-refractivity contribution in [2.75, 3.05) is 25.7 Å². The molecule has 0 fully saturated rings. The molecule has 0 bridgehead atoms. The molecule has 17 heavy (non-hydrogen) atoms. The van der Waals surface area contributed by atoms with Gasteiger partial charge in [-0.05, 0) is 33.6 Å². The van der Waals surface area contributed by atoms with Gasteiger partial charge in [0.05, 0.1) is 11.6 Å². The maximum absolute atomic E-state index is 10.9. The minimum absolute atomic E-state index is 0.103. The van der Waals surface area contributed by atoms with Gasteiger partial charge in [0.1, 0.15) is 0 Å². The normalized spacial score (nSPS) is 12.4. The lowest BCUT2D eigenvalue weighted by atomic mass is 10.2. The minimum Gasteiger partial charge on any atom is -0.503 e. The summed E-state index contributed by atoms with van der Waals surface area (Å²) in [5.41, 5.74) is 0.994. The molecule has 6 heteroatoms. The van der Waals surface area contributed by atoms with E-state index in [1.807, 2.05) is 6.07 Å². The van der Waals surface area contributed by atoms with E-state index in [-0.39, 0.29) is 5.75 Å². The van der Waals surface area contributed by atoms with E-state index in [0.717, 1.165) is 5.56 Å². The Morgan fingerprint density at radius 1 is 1.53 bits per heavy atom. The number of hydrogen-bond acceptors (Lipinski definition) is 4. The lowest BCUT2D eigenvalue weighted by molar-refractivity contribution is 0.371. The third-order valence-corrected chi connectivity index (χ3v) is 3.59. The summed E-state index contributed by atoms with van der Waals surface area (Å²) in [6.45, 7) is 1.34. The van der Waals surface area contributed by atoms with Crippen LogP contribution in [0, 0.1) is 0 Å². The first-order valence-electron chi connectivity index (χ1n) is 5.10. The number of ether oxygens (including phenoxy) is 1. The number of hydrogen-bond donors (Lipinski definition) is 2. The van der Waals surface area contributed by atoms with Crippen LogP contribution in [0.15, 0.2) is 16.6 Å². The van der Waals surface area contributed by atoms with Crippen molar-refractivity contribution >= 4 is 26.7 Å². The number of aromatic hydroxyl groups is 1. The van der Waals surface area contributed by atoms with E-state index in [1.165, 1.54) is 7.11 Å². The summed E-state index contributed by atoms with van der Waals surface area (Å²) in [6.07, 6.45) is 1.68. The van der Waals surface area contributed by atoms with E-state index in [2.05, 4.69) is 21.2 Å². The van der Waals surface area contributed by atoms with Gasteiger partial charge in [0.25, 0.3) is 0 Å². The van der Waals surface area contributed by atoms with Gasteiger partial charge in [-0.15, -0.1) is 0 Å².